The summed E-state index contributed by atoms with van der Waals surface area (Å²) in [5, 5.41) is 14.7. The zero-order valence-corrected chi connectivity index (χ0v) is 9.18. The topological polar surface area (TPSA) is 91.3 Å². The van der Waals surface area contributed by atoms with Crippen LogP contribution in [0.1, 0.15) is 0 Å². The first-order chi connectivity index (χ1) is 6.58. The minimum Gasteiger partial charge on any atom is -0.465 e. The van der Waals surface area contributed by atoms with Gasteiger partial charge in [-0.2, -0.15) is 0 Å². The first kappa shape index (κ1) is 10.9. The van der Waals surface area contributed by atoms with Crippen molar-refractivity contribution in [2.75, 3.05) is 11.9 Å². The summed E-state index contributed by atoms with van der Waals surface area (Å²) in [5.74, 6) is -0.450. The molecule has 76 valence electrons. The summed E-state index contributed by atoms with van der Waals surface area (Å²) in [6, 6.07) is 0. The fourth-order valence-electron chi connectivity index (χ4n) is 0.631. The van der Waals surface area contributed by atoms with Crippen LogP contribution in [0.4, 0.5) is 9.93 Å². The van der Waals surface area contributed by atoms with Crippen molar-refractivity contribution in [3.8, 4) is 0 Å². The van der Waals surface area contributed by atoms with Gasteiger partial charge in [0.05, 0.1) is 0 Å². The van der Waals surface area contributed by atoms with Gasteiger partial charge in [-0.1, -0.05) is 0 Å². The summed E-state index contributed by atoms with van der Waals surface area (Å²) in [6.07, 6.45) is -1.24. The minimum absolute atomic E-state index is 0.285. The quantitative estimate of drug-likeness (QED) is 0.773. The predicted octanol–water partition coefficient (Wildman–Crippen LogP) is 1.11. The van der Waals surface area contributed by atoms with Gasteiger partial charge in [0.15, 0.2) is 5.13 Å². The van der Waals surface area contributed by atoms with Crippen molar-refractivity contribution < 1.29 is 14.7 Å². The second-order valence-electron chi connectivity index (χ2n) is 2.18. The third-order valence-electron chi connectivity index (χ3n) is 1.12. The molecule has 1 aromatic heterocycles. The molecule has 0 unspecified atom stereocenters. The van der Waals surface area contributed by atoms with E-state index in [1.54, 1.807) is 5.38 Å². The van der Waals surface area contributed by atoms with Crippen molar-refractivity contribution in [1.82, 2.24) is 10.3 Å². The molecule has 0 aromatic carbocycles. The fraction of sp³-hybridized carbons (Fsp3) is 0.167. The Labute approximate surface area is 91.5 Å². The molecular weight excluding hydrogens is 274 g/mol. The van der Waals surface area contributed by atoms with Crippen LogP contribution in [0.25, 0.3) is 0 Å². The summed E-state index contributed by atoms with van der Waals surface area (Å²) < 4.78 is 0.629. The van der Waals surface area contributed by atoms with Gasteiger partial charge in [-0.05, 0) is 15.9 Å². The van der Waals surface area contributed by atoms with Crippen LogP contribution in [-0.4, -0.2) is 28.6 Å². The Morgan fingerprint density at radius 1 is 1.64 bits per heavy atom. The molecular formula is C6H6BrN3O3S. The fourth-order valence-corrected chi connectivity index (χ4v) is 1.79. The minimum atomic E-state index is -1.24. The van der Waals surface area contributed by atoms with E-state index in [0.29, 0.717) is 9.73 Å². The largest absolute Gasteiger partial charge is 0.465 e. The van der Waals surface area contributed by atoms with Crippen molar-refractivity contribution in [2.45, 2.75) is 0 Å². The molecule has 6 nitrogen and oxygen atoms in total. The van der Waals surface area contributed by atoms with Gasteiger partial charge in [-0.25, -0.2) is 9.78 Å². The number of rotatable bonds is 3. The molecule has 1 heterocycles. The molecule has 0 saturated heterocycles. The van der Waals surface area contributed by atoms with E-state index >= 15 is 0 Å². The lowest BCUT2D eigenvalue weighted by atomic mass is 10.6. The zero-order chi connectivity index (χ0) is 10.6. The number of carboxylic acid groups (broad SMARTS) is 1. The Bertz CT molecular complexity index is 354. The maximum Gasteiger partial charge on any atom is 0.405 e. The number of hydrogen-bond donors (Lipinski definition) is 3. The van der Waals surface area contributed by atoms with Gasteiger partial charge >= 0.3 is 6.09 Å². The van der Waals surface area contributed by atoms with Gasteiger partial charge < -0.3 is 15.7 Å². The van der Waals surface area contributed by atoms with Crippen LogP contribution in [0.5, 0.6) is 0 Å². The Kier molecular flexibility index (Phi) is 3.84. The number of thiazole rings is 1. The monoisotopic (exact) mass is 279 g/mol. The molecule has 0 aliphatic rings. The highest BCUT2D eigenvalue weighted by atomic mass is 79.9. The summed E-state index contributed by atoms with van der Waals surface area (Å²) >= 11 is 4.37. The van der Waals surface area contributed by atoms with Crippen LogP contribution in [0.2, 0.25) is 0 Å². The highest BCUT2D eigenvalue weighted by molar-refractivity contribution is 9.10. The molecule has 0 atom stereocenters. The Balaban J connectivity index is 2.37. The van der Waals surface area contributed by atoms with Gasteiger partial charge in [-0.3, -0.25) is 4.79 Å². The number of carbonyl (C=O) groups is 2. The average Bonchev–Trinajstić information content (AvgIpc) is 2.48. The Hall–Kier alpha value is -1.15. The average molecular weight is 280 g/mol. The number of aromatic nitrogens is 1. The first-order valence-corrected chi connectivity index (χ1v) is 5.13. The van der Waals surface area contributed by atoms with Gasteiger partial charge in [0, 0.05) is 5.38 Å². The van der Waals surface area contributed by atoms with Gasteiger partial charge in [0.2, 0.25) is 5.91 Å². The first-order valence-electron chi connectivity index (χ1n) is 3.45. The molecule has 3 N–H and O–H groups in total. The van der Waals surface area contributed by atoms with Crippen molar-refractivity contribution in [1.29, 1.82) is 0 Å². The second-order valence-corrected chi connectivity index (χ2v) is 3.85. The summed E-state index contributed by atoms with van der Waals surface area (Å²) in [7, 11) is 0. The standard InChI is InChI=1S/C6H6BrN3O3S/c7-3-2-14-5(9-3)10-4(11)1-8-6(12)13/h2,8H,1H2,(H,12,13)(H,9,10,11). The third-order valence-corrected chi connectivity index (χ3v) is 2.59. The molecule has 0 aliphatic carbocycles. The number of nitrogens with zero attached hydrogens (tertiary/aromatic N) is 1. The molecule has 2 amide bonds. The molecule has 14 heavy (non-hydrogen) atoms. The lowest BCUT2D eigenvalue weighted by Gasteiger charge is -2.00. The van der Waals surface area contributed by atoms with Crippen LogP contribution in [0, 0.1) is 0 Å². The maximum absolute atomic E-state index is 11.0. The Morgan fingerprint density at radius 2 is 2.36 bits per heavy atom. The van der Waals surface area contributed by atoms with E-state index in [1.165, 1.54) is 11.3 Å². The molecule has 0 bridgehead atoms. The van der Waals surface area contributed by atoms with Crippen molar-refractivity contribution >= 4 is 44.4 Å². The number of nitrogens with one attached hydrogen (secondary N) is 2. The van der Waals surface area contributed by atoms with Gasteiger partial charge in [-0.15, -0.1) is 11.3 Å². The molecule has 1 aromatic rings. The van der Waals surface area contributed by atoms with Crippen molar-refractivity contribution in [2.24, 2.45) is 0 Å². The van der Waals surface area contributed by atoms with Crippen molar-refractivity contribution in [3.63, 3.8) is 0 Å². The van der Waals surface area contributed by atoms with E-state index in [1.807, 2.05) is 5.32 Å². The molecule has 0 saturated carbocycles. The number of hydrogen-bond acceptors (Lipinski definition) is 4. The van der Waals surface area contributed by atoms with Gasteiger partial charge in [0.1, 0.15) is 11.1 Å². The molecule has 0 radical (unpaired) electrons. The van der Waals surface area contributed by atoms with E-state index in [2.05, 4.69) is 26.2 Å². The molecule has 0 spiro atoms. The SMILES string of the molecule is O=C(O)NCC(=O)Nc1nc(Br)cs1. The Morgan fingerprint density at radius 3 is 2.86 bits per heavy atom. The third kappa shape index (κ3) is 3.71. The van der Waals surface area contributed by atoms with E-state index in [-0.39, 0.29) is 6.54 Å². The van der Waals surface area contributed by atoms with E-state index in [9.17, 15) is 9.59 Å². The predicted molar refractivity (Wildman–Crippen MR) is 54.5 cm³/mol. The summed E-state index contributed by atoms with van der Waals surface area (Å²) in [5.41, 5.74) is 0. The highest BCUT2D eigenvalue weighted by Crippen LogP contribution is 2.18. The van der Waals surface area contributed by atoms with Crippen LogP contribution < -0.4 is 10.6 Å². The van der Waals surface area contributed by atoms with E-state index in [0.717, 1.165) is 0 Å². The van der Waals surface area contributed by atoms with E-state index in [4.69, 9.17) is 5.11 Å². The summed E-state index contributed by atoms with van der Waals surface area (Å²) in [4.78, 5) is 25.0. The smallest absolute Gasteiger partial charge is 0.405 e. The lowest BCUT2D eigenvalue weighted by molar-refractivity contribution is -0.115. The van der Waals surface area contributed by atoms with Gasteiger partial charge in [0.25, 0.3) is 0 Å². The molecule has 0 aliphatic heterocycles. The van der Waals surface area contributed by atoms with Crippen LogP contribution in [0.15, 0.2) is 9.98 Å². The van der Waals surface area contributed by atoms with Crippen LogP contribution >= 0.6 is 27.3 Å². The van der Waals surface area contributed by atoms with Crippen LogP contribution in [0.3, 0.4) is 0 Å². The molecule has 0 fully saturated rings. The normalized spacial score (nSPS) is 9.50. The second kappa shape index (κ2) is 4.91. The molecule has 1 rings (SSSR count). The zero-order valence-electron chi connectivity index (χ0n) is 6.78. The van der Waals surface area contributed by atoms with Crippen molar-refractivity contribution in [3.05, 3.63) is 9.98 Å². The van der Waals surface area contributed by atoms with E-state index < -0.39 is 12.0 Å². The number of amides is 2. The molecule has 8 heteroatoms. The number of halogens is 1. The summed E-state index contributed by atoms with van der Waals surface area (Å²) in [6.45, 7) is -0.285. The number of carbonyl (C=O) groups excluding carboxylic acids is 1. The van der Waals surface area contributed by atoms with Crippen LogP contribution in [-0.2, 0) is 4.79 Å². The highest BCUT2D eigenvalue weighted by Gasteiger charge is 2.06. The number of anilines is 1. The maximum atomic E-state index is 11.0. The lowest BCUT2D eigenvalue weighted by Crippen LogP contribution is -2.31.